The number of anilines is 2. The third-order valence-electron chi connectivity index (χ3n) is 5.39. The fourth-order valence-corrected chi connectivity index (χ4v) is 3.62. The molecular formula is C27H18F2N4O2. The van der Waals surface area contributed by atoms with Crippen LogP contribution >= 0.6 is 0 Å². The van der Waals surface area contributed by atoms with Gasteiger partial charge >= 0.3 is 0 Å². The number of rotatable bonds is 5. The number of aromatic amines is 1. The number of hydrogen-bond acceptors (Lipinski definition) is 3. The molecule has 0 unspecified atom stereocenters. The number of carbonyl (C=O) groups excluding carboxylic acids is 2. The molecule has 3 N–H and O–H groups in total. The zero-order valence-corrected chi connectivity index (χ0v) is 18.2. The number of amides is 2. The highest BCUT2D eigenvalue weighted by Crippen LogP contribution is 2.25. The van der Waals surface area contributed by atoms with Crippen LogP contribution in [-0.4, -0.2) is 21.8 Å². The van der Waals surface area contributed by atoms with Crippen molar-refractivity contribution in [3.8, 4) is 11.4 Å². The number of carbonyl (C=O) groups is 2. The normalized spacial score (nSPS) is 10.8. The van der Waals surface area contributed by atoms with Gasteiger partial charge in [0.1, 0.15) is 17.5 Å². The number of H-pyrrole nitrogens is 1. The van der Waals surface area contributed by atoms with Gasteiger partial charge in [-0.25, -0.2) is 13.8 Å². The fraction of sp³-hybridized carbons (Fsp3) is 0. The van der Waals surface area contributed by atoms with Crippen molar-refractivity contribution in [1.82, 2.24) is 9.97 Å². The first-order valence-corrected chi connectivity index (χ1v) is 10.7. The summed E-state index contributed by atoms with van der Waals surface area (Å²) in [7, 11) is 0. The Hall–Kier alpha value is -4.85. The second-order valence-corrected chi connectivity index (χ2v) is 7.76. The van der Waals surface area contributed by atoms with E-state index in [4.69, 9.17) is 0 Å². The van der Waals surface area contributed by atoms with Gasteiger partial charge in [-0.1, -0.05) is 24.3 Å². The van der Waals surface area contributed by atoms with Crippen LogP contribution in [0.25, 0.3) is 22.4 Å². The number of aromatic nitrogens is 2. The summed E-state index contributed by atoms with van der Waals surface area (Å²) in [6, 6.07) is 23.6. The highest BCUT2D eigenvalue weighted by molar-refractivity contribution is 6.05. The molecule has 4 aromatic carbocycles. The number of benzene rings is 4. The molecule has 0 spiro atoms. The summed E-state index contributed by atoms with van der Waals surface area (Å²) >= 11 is 0. The summed E-state index contributed by atoms with van der Waals surface area (Å²) in [5.41, 5.74) is 3.06. The quantitative estimate of drug-likeness (QED) is 0.295. The van der Waals surface area contributed by atoms with E-state index in [2.05, 4.69) is 20.6 Å². The van der Waals surface area contributed by atoms with Gasteiger partial charge in [0.15, 0.2) is 0 Å². The molecule has 1 aromatic heterocycles. The summed E-state index contributed by atoms with van der Waals surface area (Å²) in [5, 5.41) is 5.36. The van der Waals surface area contributed by atoms with E-state index >= 15 is 0 Å². The van der Waals surface area contributed by atoms with Crippen molar-refractivity contribution >= 4 is 34.2 Å². The molecule has 6 nitrogen and oxygen atoms in total. The van der Waals surface area contributed by atoms with E-state index in [0.717, 1.165) is 5.56 Å². The van der Waals surface area contributed by atoms with Crippen molar-refractivity contribution in [2.45, 2.75) is 0 Å². The van der Waals surface area contributed by atoms with Crippen LogP contribution in [0.5, 0.6) is 0 Å². The molecular weight excluding hydrogens is 450 g/mol. The van der Waals surface area contributed by atoms with Crippen LogP contribution < -0.4 is 10.6 Å². The van der Waals surface area contributed by atoms with Gasteiger partial charge in [-0.05, 0) is 66.7 Å². The van der Waals surface area contributed by atoms with Crippen molar-refractivity contribution in [2.24, 2.45) is 0 Å². The minimum Gasteiger partial charge on any atom is -0.338 e. The van der Waals surface area contributed by atoms with E-state index in [0.29, 0.717) is 28.2 Å². The second-order valence-electron chi connectivity index (χ2n) is 7.76. The summed E-state index contributed by atoms with van der Waals surface area (Å²) in [5.74, 6) is -1.68. The second kappa shape index (κ2) is 9.18. The molecule has 0 aliphatic heterocycles. The summed E-state index contributed by atoms with van der Waals surface area (Å²) in [4.78, 5) is 32.4. The van der Waals surface area contributed by atoms with Crippen molar-refractivity contribution in [1.29, 1.82) is 0 Å². The van der Waals surface area contributed by atoms with Crippen LogP contribution in [0.15, 0.2) is 91.0 Å². The lowest BCUT2D eigenvalue weighted by Crippen LogP contribution is -2.13. The first-order chi connectivity index (χ1) is 17.0. The zero-order valence-electron chi connectivity index (χ0n) is 18.2. The van der Waals surface area contributed by atoms with Crippen molar-refractivity contribution < 1.29 is 18.4 Å². The molecule has 0 atom stereocenters. The highest BCUT2D eigenvalue weighted by Gasteiger charge is 2.13. The largest absolute Gasteiger partial charge is 0.338 e. The minimum absolute atomic E-state index is 0.0354. The van der Waals surface area contributed by atoms with Gasteiger partial charge in [0.25, 0.3) is 11.8 Å². The van der Waals surface area contributed by atoms with E-state index in [1.165, 1.54) is 36.4 Å². The Labute approximate surface area is 198 Å². The predicted molar refractivity (Wildman–Crippen MR) is 130 cm³/mol. The Morgan fingerprint density at radius 1 is 0.686 bits per heavy atom. The van der Waals surface area contributed by atoms with Crippen LogP contribution in [-0.2, 0) is 0 Å². The molecule has 8 heteroatoms. The van der Waals surface area contributed by atoms with E-state index in [-0.39, 0.29) is 11.1 Å². The Morgan fingerprint density at radius 2 is 1.23 bits per heavy atom. The van der Waals surface area contributed by atoms with Crippen LogP contribution in [0.2, 0.25) is 0 Å². The molecule has 0 saturated heterocycles. The lowest BCUT2D eigenvalue weighted by molar-refractivity contribution is 0.101. The highest BCUT2D eigenvalue weighted by atomic mass is 19.1. The minimum atomic E-state index is -0.594. The van der Waals surface area contributed by atoms with Crippen LogP contribution in [0, 0.1) is 11.6 Å². The van der Waals surface area contributed by atoms with Crippen LogP contribution in [0.1, 0.15) is 20.7 Å². The molecule has 5 aromatic rings. The van der Waals surface area contributed by atoms with Crippen molar-refractivity contribution in [3.63, 3.8) is 0 Å². The maximum Gasteiger partial charge on any atom is 0.258 e. The zero-order chi connectivity index (χ0) is 24.4. The monoisotopic (exact) mass is 468 g/mol. The molecule has 5 rings (SSSR count). The number of nitrogens with zero attached hydrogens (tertiary/aromatic N) is 1. The number of hydrogen-bond donors (Lipinski definition) is 3. The lowest BCUT2D eigenvalue weighted by Gasteiger charge is -2.06. The molecule has 172 valence electrons. The van der Waals surface area contributed by atoms with Gasteiger partial charge in [0.05, 0.1) is 22.2 Å². The lowest BCUT2D eigenvalue weighted by atomic mass is 10.1. The van der Waals surface area contributed by atoms with Gasteiger partial charge in [-0.15, -0.1) is 0 Å². The first kappa shape index (κ1) is 22.0. The molecule has 0 saturated carbocycles. The number of imidazole rings is 1. The van der Waals surface area contributed by atoms with E-state index in [1.54, 1.807) is 54.6 Å². The molecule has 2 amide bonds. The number of halogens is 2. The van der Waals surface area contributed by atoms with Crippen LogP contribution in [0.4, 0.5) is 20.2 Å². The average Bonchev–Trinajstić information content (AvgIpc) is 3.28. The van der Waals surface area contributed by atoms with Gasteiger partial charge in [-0.3, -0.25) is 9.59 Å². The smallest absolute Gasteiger partial charge is 0.258 e. The third kappa shape index (κ3) is 4.63. The summed E-state index contributed by atoms with van der Waals surface area (Å²) < 4.78 is 27.7. The average molecular weight is 468 g/mol. The van der Waals surface area contributed by atoms with Gasteiger partial charge in [-0.2, -0.15) is 0 Å². The van der Waals surface area contributed by atoms with E-state index in [9.17, 15) is 18.4 Å². The van der Waals surface area contributed by atoms with Gasteiger partial charge in [0, 0.05) is 16.9 Å². The Morgan fingerprint density at radius 3 is 1.83 bits per heavy atom. The standard InChI is InChI=1S/C27H18F2N4O2/c28-21-7-3-1-5-19(21)26(34)30-17-11-9-16(10-12-17)25-32-23-14-13-18(15-24(23)33-25)31-27(35)20-6-2-4-8-22(20)29/h1-15H,(H,30,34)(H,31,35)(H,32,33). The molecule has 0 bridgehead atoms. The molecule has 0 aliphatic carbocycles. The van der Waals surface area contributed by atoms with Gasteiger partial charge < -0.3 is 15.6 Å². The molecule has 0 radical (unpaired) electrons. The Balaban J connectivity index is 1.32. The predicted octanol–water partition coefficient (Wildman–Crippen LogP) is 6.01. The van der Waals surface area contributed by atoms with E-state index < -0.39 is 23.4 Å². The van der Waals surface area contributed by atoms with Gasteiger partial charge in [0.2, 0.25) is 0 Å². The molecule has 0 fully saturated rings. The SMILES string of the molecule is O=C(Nc1ccc(-c2nc3ccc(NC(=O)c4ccccc4F)cc3[nH]2)cc1)c1ccccc1F. The number of fused-ring (bicyclic) bond motifs is 1. The fourth-order valence-electron chi connectivity index (χ4n) is 3.62. The summed E-state index contributed by atoms with van der Waals surface area (Å²) in [6.07, 6.45) is 0. The molecule has 1 heterocycles. The van der Waals surface area contributed by atoms with Crippen molar-refractivity contribution in [3.05, 3.63) is 114 Å². The molecule has 0 aliphatic rings. The molecule has 35 heavy (non-hydrogen) atoms. The Bertz CT molecular complexity index is 1560. The Kier molecular flexibility index (Phi) is 5.76. The van der Waals surface area contributed by atoms with E-state index in [1.807, 2.05) is 0 Å². The number of nitrogens with one attached hydrogen (secondary N) is 3. The topological polar surface area (TPSA) is 86.9 Å². The van der Waals surface area contributed by atoms with Crippen molar-refractivity contribution in [2.75, 3.05) is 10.6 Å². The third-order valence-corrected chi connectivity index (χ3v) is 5.39. The summed E-state index contributed by atoms with van der Waals surface area (Å²) in [6.45, 7) is 0. The maximum absolute atomic E-state index is 13.9. The first-order valence-electron chi connectivity index (χ1n) is 10.7. The van der Waals surface area contributed by atoms with Crippen LogP contribution in [0.3, 0.4) is 0 Å². The maximum atomic E-state index is 13.9.